The van der Waals surface area contributed by atoms with Gasteiger partial charge in [0.05, 0.1) is 5.56 Å². The summed E-state index contributed by atoms with van der Waals surface area (Å²) in [6.07, 6.45) is -3.06. The fourth-order valence-electron chi connectivity index (χ4n) is 2.54. The second-order valence-electron chi connectivity index (χ2n) is 6.10. The molecule has 0 saturated heterocycles. The highest BCUT2D eigenvalue weighted by atomic mass is 19.4. The third kappa shape index (κ3) is 4.68. The van der Waals surface area contributed by atoms with Crippen molar-refractivity contribution in [3.05, 3.63) is 89.1 Å². The molecule has 1 amide bonds. The minimum absolute atomic E-state index is 0.120. The van der Waals surface area contributed by atoms with Gasteiger partial charge in [-0.1, -0.05) is 30.3 Å². The number of nitrogens with one attached hydrogen (secondary N) is 1. The topological polar surface area (TPSA) is 51.2 Å². The first kappa shape index (κ1) is 19.4. The summed E-state index contributed by atoms with van der Waals surface area (Å²) in [5, 5.41) is 2.51. The lowest BCUT2D eigenvalue weighted by Crippen LogP contribution is -2.15. The lowest BCUT2D eigenvalue weighted by Gasteiger charge is -2.13. The van der Waals surface area contributed by atoms with E-state index in [1.807, 2.05) is 31.2 Å². The van der Waals surface area contributed by atoms with Crippen LogP contribution >= 0.6 is 0 Å². The van der Waals surface area contributed by atoms with Gasteiger partial charge in [-0.3, -0.25) is 4.79 Å². The van der Waals surface area contributed by atoms with Crippen molar-refractivity contribution in [2.45, 2.75) is 19.7 Å². The summed E-state index contributed by atoms with van der Waals surface area (Å²) >= 11 is 0. The Bertz CT molecular complexity index is 987. The molecule has 1 aromatic heterocycles. The maximum atomic E-state index is 12.9. The number of benzene rings is 2. The van der Waals surface area contributed by atoms with Crippen molar-refractivity contribution in [2.24, 2.45) is 0 Å². The number of anilines is 1. The van der Waals surface area contributed by atoms with Crippen LogP contribution < -0.4 is 10.1 Å². The van der Waals surface area contributed by atoms with E-state index >= 15 is 0 Å². The Labute approximate surface area is 160 Å². The van der Waals surface area contributed by atoms with Crippen LogP contribution in [-0.2, 0) is 12.8 Å². The lowest BCUT2D eigenvalue weighted by atomic mass is 10.1. The summed E-state index contributed by atoms with van der Waals surface area (Å²) in [7, 11) is 0. The number of ether oxygens (including phenoxy) is 1. The number of pyridine rings is 1. The summed E-state index contributed by atoms with van der Waals surface area (Å²) < 4.78 is 44.3. The SMILES string of the molecule is Cc1ccccc1COc1cccnc1NC(=O)c1cccc(C(F)(F)F)c1. The number of halogens is 3. The van der Waals surface area contributed by atoms with E-state index in [1.165, 1.54) is 18.3 Å². The molecule has 0 fully saturated rings. The molecule has 7 heteroatoms. The number of nitrogens with zero attached hydrogens (tertiary/aromatic N) is 1. The first-order chi connectivity index (χ1) is 13.3. The van der Waals surface area contributed by atoms with Gasteiger partial charge in [0.1, 0.15) is 6.61 Å². The van der Waals surface area contributed by atoms with Crippen molar-refractivity contribution in [1.82, 2.24) is 4.98 Å². The van der Waals surface area contributed by atoms with Crippen LogP contribution in [0, 0.1) is 6.92 Å². The molecule has 3 aromatic rings. The van der Waals surface area contributed by atoms with Crippen LogP contribution in [0.1, 0.15) is 27.0 Å². The summed E-state index contributed by atoms with van der Waals surface area (Å²) in [5.74, 6) is -0.241. The molecule has 1 heterocycles. The molecule has 2 aromatic carbocycles. The molecule has 0 atom stereocenters. The van der Waals surface area contributed by atoms with Gasteiger partial charge < -0.3 is 10.1 Å². The van der Waals surface area contributed by atoms with Gasteiger partial charge in [-0.25, -0.2) is 4.98 Å². The first-order valence-electron chi connectivity index (χ1n) is 8.45. The van der Waals surface area contributed by atoms with Crippen LogP contribution in [-0.4, -0.2) is 10.9 Å². The van der Waals surface area contributed by atoms with Crippen molar-refractivity contribution in [1.29, 1.82) is 0 Å². The summed E-state index contributed by atoms with van der Waals surface area (Å²) in [6, 6.07) is 15.2. The molecular formula is C21H17F3N2O2. The second-order valence-corrected chi connectivity index (χ2v) is 6.10. The average Bonchev–Trinajstić information content (AvgIpc) is 2.68. The number of aryl methyl sites for hydroxylation is 1. The zero-order chi connectivity index (χ0) is 20.1. The molecule has 0 saturated carbocycles. The van der Waals surface area contributed by atoms with Crippen molar-refractivity contribution >= 4 is 11.7 Å². The van der Waals surface area contributed by atoms with Gasteiger partial charge in [-0.15, -0.1) is 0 Å². The number of hydrogen-bond donors (Lipinski definition) is 1. The Morgan fingerprint density at radius 3 is 2.61 bits per heavy atom. The average molecular weight is 386 g/mol. The largest absolute Gasteiger partial charge is 0.485 e. The van der Waals surface area contributed by atoms with E-state index in [0.29, 0.717) is 5.75 Å². The highest BCUT2D eigenvalue weighted by Crippen LogP contribution is 2.30. The normalized spacial score (nSPS) is 11.1. The quantitative estimate of drug-likeness (QED) is 0.652. The van der Waals surface area contributed by atoms with Gasteiger partial charge in [-0.2, -0.15) is 13.2 Å². The standard InChI is InChI=1S/C21H17F3N2O2/c1-14-6-2-3-7-16(14)13-28-18-10-5-11-25-19(18)26-20(27)15-8-4-9-17(12-15)21(22,23)24/h2-12H,13H2,1H3,(H,25,26,27). The van der Waals surface area contributed by atoms with Gasteiger partial charge in [0.2, 0.25) is 0 Å². The number of hydrogen-bond acceptors (Lipinski definition) is 3. The van der Waals surface area contributed by atoms with Crippen LogP contribution in [0.5, 0.6) is 5.75 Å². The Hall–Kier alpha value is -3.35. The van der Waals surface area contributed by atoms with Gasteiger partial charge in [0.15, 0.2) is 11.6 Å². The van der Waals surface area contributed by atoms with Crippen LogP contribution in [0.3, 0.4) is 0 Å². The van der Waals surface area contributed by atoms with E-state index in [0.717, 1.165) is 23.3 Å². The third-order valence-electron chi connectivity index (χ3n) is 4.10. The zero-order valence-electron chi connectivity index (χ0n) is 15.0. The Kier molecular flexibility index (Phi) is 5.63. The number of aromatic nitrogens is 1. The molecule has 0 bridgehead atoms. The highest BCUT2D eigenvalue weighted by Gasteiger charge is 2.31. The minimum Gasteiger partial charge on any atom is -0.485 e. The number of alkyl halides is 3. The second kappa shape index (κ2) is 8.12. The first-order valence-corrected chi connectivity index (χ1v) is 8.45. The predicted molar refractivity (Wildman–Crippen MR) is 99.1 cm³/mol. The van der Waals surface area contributed by atoms with Crippen LogP contribution in [0.2, 0.25) is 0 Å². The smallest absolute Gasteiger partial charge is 0.416 e. The summed E-state index contributed by atoms with van der Waals surface area (Å²) in [6.45, 7) is 2.23. The van der Waals surface area contributed by atoms with Crippen molar-refractivity contribution in [3.8, 4) is 5.75 Å². The van der Waals surface area contributed by atoms with Crippen LogP contribution in [0.25, 0.3) is 0 Å². The van der Waals surface area contributed by atoms with E-state index in [9.17, 15) is 18.0 Å². The van der Waals surface area contributed by atoms with E-state index in [1.54, 1.807) is 12.1 Å². The minimum atomic E-state index is -4.52. The monoisotopic (exact) mass is 386 g/mol. The number of carbonyl (C=O) groups excluding carboxylic acids is 1. The lowest BCUT2D eigenvalue weighted by molar-refractivity contribution is -0.137. The molecule has 0 aliphatic carbocycles. The summed E-state index contributed by atoms with van der Waals surface area (Å²) in [5.41, 5.74) is 1.02. The predicted octanol–water partition coefficient (Wildman–Crippen LogP) is 5.24. The van der Waals surface area contributed by atoms with E-state index in [-0.39, 0.29) is 18.0 Å². The van der Waals surface area contributed by atoms with Crippen molar-refractivity contribution in [3.63, 3.8) is 0 Å². The molecule has 0 spiro atoms. The Balaban J connectivity index is 1.76. The van der Waals surface area contributed by atoms with E-state index < -0.39 is 17.6 Å². The molecule has 1 N–H and O–H groups in total. The molecule has 0 aliphatic rings. The number of amides is 1. The molecule has 3 rings (SSSR count). The third-order valence-corrected chi connectivity index (χ3v) is 4.10. The molecule has 28 heavy (non-hydrogen) atoms. The Morgan fingerprint density at radius 1 is 1.07 bits per heavy atom. The highest BCUT2D eigenvalue weighted by molar-refractivity contribution is 6.04. The van der Waals surface area contributed by atoms with Crippen molar-refractivity contribution in [2.75, 3.05) is 5.32 Å². The molecular weight excluding hydrogens is 369 g/mol. The van der Waals surface area contributed by atoms with Crippen molar-refractivity contribution < 1.29 is 22.7 Å². The van der Waals surface area contributed by atoms with Crippen LogP contribution in [0.15, 0.2) is 66.9 Å². The maximum absolute atomic E-state index is 12.9. The van der Waals surface area contributed by atoms with E-state index in [4.69, 9.17) is 4.74 Å². The molecule has 0 radical (unpaired) electrons. The number of rotatable bonds is 5. The van der Waals surface area contributed by atoms with Gasteiger partial charge in [-0.05, 0) is 48.4 Å². The maximum Gasteiger partial charge on any atom is 0.416 e. The number of carbonyl (C=O) groups is 1. The molecule has 4 nitrogen and oxygen atoms in total. The summed E-state index contributed by atoms with van der Waals surface area (Å²) in [4.78, 5) is 16.5. The molecule has 144 valence electrons. The van der Waals surface area contributed by atoms with Gasteiger partial charge in [0, 0.05) is 11.8 Å². The van der Waals surface area contributed by atoms with Crippen LogP contribution in [0.4, 0.5) is 19.0 Å². The Morgan fingerprint density at radius 2 is 1.86 bits per heavy atom. The van der Waals surface area contributed by atoms with E-state index in [2.05, 4.69) is 10.3 Å². The molecule has 0 aliphatic heterocycles. The zero-order valence-corrected chi connectivity index (χ0v) is 15.0. The fourth-order valence-corrected chi connectivity index (χ4v) is 2.54. The van der Waals surface area contributed by atoms with Gasteiger partial charge in [0.25, 0.3) is 5.91 Å². The fraction of sp³-hybridized carbons (Fsp3) is 0.143. The molecule has 0 unspecified atom stereocenters. The van der Waals surface area contributed by atoms with Gasteiger partial charge >= 0.3 is 6.18 Å².